The molecule has 0 aromatic carbocycles. The number of rotatable bonds is 4. The molecule has 0 saturated heterocycles. The lowest BCUT2D eigenvalue weighted by Crippen LogP contribution is -2.53. The maximum atomic E-state index is 12.4. The summed E-state index contributed by atoms with van der Waals surface area (Å²) in [5, 5.41) is 21.6. The van der Waals surface area contributed by atoms with Crippen LogP contribution in [0.4, 0.5) is 0 Å². The zero-order valence-electron chi connectivity index (χ0n) is 11.6. The lowest BCUT2D eigenvalue weighted by atomic mass is 9.51. The van der Waals surface area contributed by atoms with Crippen LogP contribution in [0.1, 0.15) is 39.0 Å². The highest BCUT2D eigenvalue weighted by Crippen LogP contribution is 2.56. The molecule has 0 aromatic rings. The van der Waals surface area contributed by atoms with Crippen LogP contribution in [0, 0.1) is 29.6 Å². The number of amides is 1. The van der Waals surface area contributed by atoms with Gasteiger partial charge in [0.05, 0.1) is 6.61 Å². The van der Waals surface area contributed by atoms with Crippen molar-refractivity contribution in [2.45, 2.75) is 44.6 Å². The Bertz CT molecular complexity index is 338. The van der Waals surface area contributed by atoms with Crippen molar-refractivity contribution in [1.29, 1.82) is 0 Å². The second-order valence-corrected chi connectivity index (χ2v) is 7.33. The number of aliphatic hydroxyl groups is 2. The average molecular weight is 267 g/mol. The second kappa shape index (κ2) is 4.74. The first kappa shape index (κ1) is 13.4. The molecule has 1 atom stereocenters. The quantitative estimate of drug-likeness (QED) is 0.709. The molecule has 4 aliphatic carbocycles. The van der Waals surface area contributed by atoms with Crippen molar-refractivity contribution in [3.05, 3.63) is 0 Å². The van der Waals surface area contributed by atoms with E-state index in [2.05, 4.69) is 5.32 Å². The van der Waals surface area contributed by atoms with E-state index in [1.807, 2.05) is 0 Å². The van der Waals surface area contributed by atoms with Crippen LogP contribution in [0.2, 0.25) is 0 Å². The van der Waals surface area contributed by atoms with Crippen LogP contribution in [-0.2, 0) is 4.79 Å². The van der Waals surface area contributed by atoms with Crippen molar-refractivity contribution in [3.8, 4) is 0 Å². The van der Waals surface area contributed by atoms with Gasteiger partial charge in [-0.1, -0.05) is 0 Å². The van der Waals surface area contributed by atoms with Gasteiger partial charge in [0.25, 0.3) is 0 Å². The van der Waals surface area contributed by atoms with Crippen molar-refractivity contribution in [3.63, 3.8) is 0 Å². The first-order chi connectivity index (χ1) is 8.98. The molecule has 4 fully saturated rings. The van der Waals surface area contributed by atoms with Crippen molar-refractivity contribution in [2.75, 3.05) is 13.2 Å². The summed E-state index contributed by atoms with van der Waals surface area (Å²) < 4.78 is 0. The Kier molecular flexibility index (Phi) is 3.34. The van der Waals surface area contributed by atoms with E-state index in [0.29, 0.717) is 11.8 Å². The molecule has 4 bridgehead atoms. The third-order valence-corrected chi connectivity index (χ3v) is 5.51. The highest BCUT2D eigenvalue weighted by Gasteiger charge is 2.50. The summed E-state index contributed by atoms with van der Waals surface area (Å²) in [5.74, 6) is 3.12. The molecule has 3 N–H and O–H groups in total. The zero-order chi connectivity index (χ0) is 13.6. The Morgan fingerprint density at radius 3 is 2.16 bits per heavy atom. The second-order valence-electron chi connectivity index (χ2n) is 7.33. The van der Waals surface area contributed by atoms with Crippen LogP contribution in [0.3, 0.4) is 0 Å². The molecule has 108 valence electrons. The molecule has 0 aromatic heterocycles. The lowest BCUT2D eigenvalue weighted by Gasteiger charge is -2.53. The van der Waals surface area contributed by atoms with Crippen LogP contribution in [0.15, 0.2) is 0 Å². The normalized spacial score (nSPS) is 43.0. The van der Waals surface area contributed by atoms with Crippen molar-refractivity contribution < 1.29 is 15.0 Å². The maximum absolute atomic E-state index is 12.4. The van der Waals surface area contributed by atoms with Gasteiger partial charge in [0, 0.05) is 12.5 Å². The minimum Gasteiger partial charge on any atom is -0.393 e. The van der Waals surface area contributed by atoms with E-state index in [4.69, 9.17) is 5.11 Å². The van der Waals surface area contributed by atoms with Gasteiger partial charge in [-0.3, -0.25) is 4.79 Å². The third-order valence-electron chi connectivity index (χ3n) is 5.51. The molecule has 4 heteroatoms. The van der Waals surface area contributed by atoms with Crippen molar-refractivity contribution >= 4 is 5.91 Å². The predicted molar refractivity (Wildman–Crippen MR) is 71.3 cm³/mol. The Balaban J connectivity index is 1.61. The van der Waals surface area contributed by atoms with Crippen LogP contribution < -0.4 is 5.32 Å². The topological polar surface area (TPSA) is 69.6 Å². The minimum atomic E-state index is -1.21. The summed E-state index contributed by atoms with van der Waals surface area (Å²) in [6.07, 6.45) is 6.28. The monoisotopic (exact) mass is 267 g/mol. The summed E-state index contributed by atoms with van der Waals surface area (Å²) in [6, 6.07) is 0. The Hall–Kier alpha value is -0.610. The van der Waals surface area contributed by atoms with E-state index in [9.17, 15) is 9.90 Å². The van der Waals surface area contributed by atoms with Gasteiger partial charge >= 0.3 is 0 Å². The van der Waals surface area contributed by atoms with Crippen molar-refractivity contribution in [1.82, 2.24) is 5.32 Å². The van der Waals surface area contributed by atoms with E-state index in [-0.39, 0.29) is 25.0 Å². The molecule has 4 nitrogen and oxygen atoms in total. The van der Waals surface area contributed by atoms with Gasteiger partial charge in [-0.15, -0.1) is 0 Å². The largest absolute Gasteiger partial charge is 0.393 e. The lowest BCUT2D eigenvalue weighted by molar-refractivity contribution is -0.139. The molecular formula is C15H25NO3. The molecule has 0 spiro atoms. The molecule has 4 saturated carbocycles. The van der Waals surface area contributed by atoms with E-state index >= 15 is 0 Å². The minimum absolute atomic E-state index is 0.0996. The summed E-state index contributed by atoms with van der Waals surface area (Å²) in [7, 11) is 0. The molecule has 1 unspecified atom stereocenters. The number of carbonyl (C=O) groups excluding carboxylic acids is 1. The van der Waals surface area contributed by atoms with E-state index in [1.54, 1.807) is 6.92 Å². The standard InChI is InChI=1S/C15H25NO3/c1-15(19,8-17)7-16-14(18)13-11-3-9-2-10(5-11)6-12(13)4-9/h9-13,17,19H,2-8H2,1H3,(H,16,18). The van der Waals surface area contributed by atoms with E-state index < -0.39 is 5.60 Å². The van der Waals surface area contributed by atoms with Gasteiger partial charge in [-0.25, -0.2) is 0 Å². The van der Waals surface area contributed by atoms with Crippen LogP contribution in [-0.4, -0.2) is 34.9 Å². The molecule has 0 heterocycles. The Morgan fingerprint density at radius 1 is 1.16 bits per heavy atom. The third kappa shape index (κ3) is 2.52. The molecule has 0 radical (unpaired) electrons. The number of aliphatic hydroxyl groups excluding tert-OH is 1. The summed E-state index contributed by atoms with van der Waals surface area (Å²) in [4.78, 5) is 12.4. The highest BCUT2D eigenvalue weighted by molar-refractivity contribution is 5.79. The SMILES string of the molecule is CC(O)(CO)CNC(=O)C1C2CC3CC(C2)CC1C3. The van der Waals surface area contributed by atoms with Crippen molar-refractivity contribution in [2.24, 2.45) is 29.6 Å². The van der Waals surface area contributed by atoms with Gasteiger partial charge in [0.2, 0.25) is 5.91 Å². The summed E-state index contributed by atoms with van der Waals surface area (Å²) >= 11 is 0. The molecule has 4 rings (SSSR count). The maximum Gasteiger partial charge on any atom is 0.223 e. The van der Waals surface area contributed by atoms with Gasteiger partial charge in [0.1, 0.15) is 5.60 Å². The predicted octanol–water partition coefficient (Wildman–Crippen LogP) is 0.918. The molecule has 4 aliphatic rings. The molecule has 19 heavy (non-hydrogen) atoms. The Morgan fingerprint density at radius 2 is 1.68 bits per heavy atom. The number of hydrogen-bond acceptors (Lipinski definition) is 3. The Labute approximate surface area is 114 Å². The number of hydrogen-bond donors (Lipinski definition) is 3. The van der Waals surface area contributed by atoms with Gasteiger partial charge < -0.3 is 15.5 Å². The van der Waals surface area contributed by atoms with E-state index in [0.717, 1.165) is 11.8 Å². The molecule has 0 aliphatic heterocycles. The van der Waals surface area contributed by atoms with Crippen LogP contribution in [0.25, 0.3) is 0 Å². The molecule has 1 amide bonds. The fraction of sp³-hybridized carbons (Fsp3) is 0.933. The first-order valence-corrected chi connectivity index (χ1v) is 7.59. The zero-order valence-corrected chi connectivity index (χ0v) is 11.6. The van der Waals surface area contributed by atoms with E-state index in [1.165, 1.54) is 32.1 Å². The van der Waals surface area contributed by atoms with Crippen LogP contribution in [0.5, 0.6) is 0 Å². The number of carbonyl (C=O) groups is 1. The number of nitrogens with one attached hydrogen (secondary N) is 1. The van der Waals surface area contributed by atoms with Crippen LogP contribution >= 0.6 is 0 Å². The van der Waals surface area contributed by atoms with Gasteiger partial charge in [0.15, 0.2) is 0 Å². The fourth-order valence-electron chi connectivity index (χ4n) is 4.80. The molecular weight excluding hydrogens is 242 g/mol. The average Bonchev–Trinajstić information content (AvgIpc) is 2.35. The smallest absolute Gasteiger partial charge is 0.223 e. The summed E-state index contributed by atoms with van der Waals surface area (Å²) in [6.45, 7) is 1.37. The fourth-order valence-corrected chi connectivity index (χ4v) is 4.80. The highest BCUT2D eigenvalue weighted by atomic mass is 16.3. The van der Waals surface area contributed by atoms with Gasteiger partial charge in [-0.2, -0.15) is 0 Å². The van der Waals surface area contributed by atoms with Gasteiger partial charge in [-0.05, 0) is 62.7 Å². The first-order valence-electron chi connectivity index (χ1n) is 7.59. The summed E-state index contributed by atoms with van der Waals surface area (Å²) in [5.41, 5.74) is -1.21.